The number of hydrogen-bond donors (Lipinski definition) is 1. The molecule has 2 aromatic rings. The molecule has 1 amide bonds. The van der Waals surface area contributed by atoms with Gasteiger partial charge in [-0.1, -0.05) is 6.07 Å². The molecule has 0 bridgehead atoms. The van der Waals surface area contributed by atoms with Crippen molar-refractivity contribution < 1.29 is 18.7 Å². The molecule has 0 saturated carbocycles. The Labute approximate surface area is 135 Å². The maximum absolute atomic E-state index is 12.1. The second-order valence-electron chi connectivity index (χ2n) is 5.72. The minimum absolute atomic E-state index is 0.338. The summed E-state index contributed by atoms with van der Waals surface area (Å²) in [5.74, 6) is 0.250. The number of amides is 1. The summed E-state index contributed by atoms with van der Waals surface area (Å²) in [6.07, 6.45) is 0. The number of anilines is 1. The number of rotatable bonds is 4. The summed E-state index contributed by atoms with van der Waals surface area (Å²) in [6, 6.07) is 5.74. The highest BCUT2D eigenvalue weighted by Crippen LogP contribution is 2.21. The van der Waals surface area contributed by atoms with Gasteiger partial charge in [-0.05, 0) is 57.9 Å². The molecular weight excluding hydrogens is 294 g/mol. The van der Waals surface area contributed by atoms with E-state index >= 15 is 0 Å². The first-order valence-electron chi connectivity index (χ1n) is 7.39. The van der Waals surface area contributed by atoms with Crippen molar-refractivity contribution in [3.05, 3.63) is 52.0 Å². The average molecular weight is 315 g/mol. The topological polar surface area (TPSA) is 68.5 Å². The Morgan fingerprint density at radius 1 is 1.00 bits per heavy atom. The Morgan fingerprint density at radius 2 is 1.61 bits per heavy atom. The van der Waals surface area contributed by atoms with Crippen LogP contribution in [-0.2, 0) is 9.53 Å². The molecule has 1 aromatic carbocycles. The Hall–Kier alpha value is -2.56. The van der Waals surface area contributed by atoms with Crippen molar-refractivity contribution in [2.45, 2.75) is 34.6 Å². The summed E-state index contributed by atoms with van der Waals surface area (Å²) in [7, 11) is 0. The van der Waals surface area contributed by atoms with Crippen molar-refractivity contribution in [3.8, 4) is 0 Å². The van der Waals surface area contributed by atoms with E-state index in [4.69, 9.17) is 9.15 Å². The smallest absolute Gasteiger partial charge is 0.342 e. The minimum atomic E-state index is -0.549. The first-order valence-corrected chi connectivity index (χ1v) is 7.39. The van der Waals surface area contributed by atoms with Crippen molar-refractivity contribution in [2.24, 2.45) is 0 Å². The first kappa shape index (κ1) is 16.8. The molecule has 0 aliphatic heterocycles. The van der Waals surface area contributed by atoms with E-state index in [9.17, 15) is 9.59 Å². The molecule has 0 aliphatic rings. The van der Waals surface area contributed by atoms with Crippen LogP contribution in [0.1, 0.15) is 38.6 Å². The molecule has 0 aliphatic carbocycles. The number of carbonyl (C=O) groups excluding carboxylic acids is 2. The van der Waals surface area contributed by atoms with Crippen LogP contribution in [0.4, 0.5) is 5.69 Å². The molecule has 1 N–H and O–H groups in total. The second kappa shape index (κ2) is 6.69. The third-order valence-electron chi connectivity index (χ3n) is 3.61. The average Bonchev–Trinajstić information content (AvgIpc) is 2.68. The predicted octanol–water partition coefficient (Wildman–Crippen LogP) is 3.62. The van der Waals surface area contributed by atoms with Crippen LogP contribution in [0.15, 0.2) is 22.6 Å². The van der Waals surface area contributed by atoms with Gasteiger partial charge in [0, 0.05) is 11.3 Å². The van der Waals surface area contributed by atoms with Crippen LogP contribution in [0.25, 0.3) is 0 Å². The van der Waals surface area contributed by atoms with E-state index in [1.807, 2.05) is 32.0 Å². The predicted molar refractivity (Wildman–Crippen MR) is 87.7 cm³/mol. The summed E-state index contributed by atoms with van der Waals surface area (Å²) >= 11 is 0. The zero-order valence-electron chi connectivity index (χ0n) is 14.1. The van der Waals surface area contributed by atoms with Gasteiger partial charge in [-0.3, -0.25) is 4.79 Å². The lowest BCUT2D eigenvalue weighted by molar-refractivity contribution is -0.119. The summed E-state index contributed by atoms with van der Waals surface area (Å²) in [6.45, 7) is 8.84. The molecule has 5 heteroatoms. The number of nitrogens with one attached hydrogen (secondary N) is 1. The Balaban J connectivity index is 1.97. The summed E-state index contributed by atoms with van der Waals surface area (Å²) in [5, 5.41) is 2.73. The van der Waals surface area contributed by atoms with Gasteiger partial charge in [0.2, 0.25) is 0 Å². The number of benzene rings is 1. The molecule has 0 unspecified atom stereocenters. The maximum atomic E-state index is 12.1. The van der Waals surface area contributed by atoms with Crippen LogP contribution in [-0.4, -0.2) is 18.5 Å². The summed E-state index contributed by atoms with van der Waals surface area (Å²) < 4.78 is 10.5. The fourth-order valence-electron chi connectivity index (χ4n) is 2.54. The SMILES string of the molecule is Cc1cc(C)cc(NC(=O)COC(=O)c2c(C)oc(C)c2C)c1. The van der Waals surface area contributed by atoms with E-state index in [2.05, 4.69) is 5.32 Å². The van der Waals surface area contributed by atoms with Gasteiger partial charge in [0.15, 0.2) is 6.61 Å². The van der Waals surface area contributed by atoms with Crippen molar-refractivity contribution in [1.29, 1.82) is 0 Å². The molecule has 23 heavy (non-hydrogen) atoms. The van der Waals surface area contributed by atoms with Gasteiger partial charge in [-0.15, -0.1) is 0 Å². The zero-order chi connectivity index (χ0) is 17.1. The molecule has 1 aromatic heterocycles. The van der Waals surface area contributed by atoms with Gasteiger partial charge in [0.05, 0.1) is 0 Å². The molecular formula is C18H21NO4. The fourth-order valence-corrected chi connectivity index (χ4v) is 2.54. The third kappa shape index (κ3) is 4.00. The van der Waals surface area contributed by atoms with Crippen molar-refractivity contribution in [1.82, 2.24) is 0 Å². The lowest BCUT2D eigenvalue weighted by Crippen LogP contribution is -2.21. The van der Waals surface area contributed by atoms with Crippen molar-refractivity contribution in [2.75, 3.05) is 11.9 Å². The second-order valence-corrected chi connectivity index (χ2v) is 5.72. The summed E-state index contributed by atoms with van der Waals surface area (Å²) in [4.78, 5) is 24.0. The monoisotopic (exact) mass is 315 g/mol. The van der Waals surface area contributed by atoms with Crippen molar-refractivity contribution in [3.63, 3.8) is 0 Å². The van der Waals surface area contributed by atoms with Crippen LogP contribution >= 0.6 is 0 Å². The van der Waals surface area contributed by atoms with Crippen LogP contribution in [0.3, 0.4) is 0 Å². The fraction of sp³-hybridized carbons (Fsp3) is 0.333. The molecule has 0 radical (unpaired) electrons. The normalized spacial score (nSPS) is 10.5. The Kier molecular flexibility index (Phi) is 4.89. The molecule has 5 nitrogen and oxygen atoms in total. The van der Waals surface area contributed by atoms with Gasteiger partial charge < -0.3 is 14.5 Å². The first-order chi connectivity index (χ1) is 10.8. The highest BCUT2D eigenvalue weighted by molar-refractivity contribution is 5.96. The van der Waals surface area contributed by atoms with Crippen LogP contribution in [0.5, 0.6) is 0 Å². The van der Waals surface area contributed by atoms with Crippen molar-refractivity contribution >= 4 is 17.6 Å². The van der Waals surface area contributed by atoms with Gasteiger partial charge in [-0.25, -0.2) is 4.79 Å². The molecule has 0 saturated heterocycles. The minimum Gasteiger partial charge on any atom is -0.465 e. The van der Waals surface area contributed by atoms with Gasteiger partial charge in [0.1, 0.15) is 17.1 Å². The van der Waals surface area contributed by atoms with Crippen LogP contribution in [0.2, 0.25) is 0 Å². The summed E-state index contributed by atoms with van der Waals surface area (Å²) in [5.41, 5.74) is 3.92. The van der Waals surface area contributed by atoms with Crippen LogP contribution in [0, 0.1) is 34.6 Å². The van der Waals surface area contributed by atoms with Crippen LogP contribution < -0.4 is 5.32 Å². The highest BCUT2D eigenvalue weighted by Gasteiger charge is 2.20. The number of carbonyl (C=O) groups is 2. The number of hydrogen-bond acceptors (Lipinski definition) is 4. The number of aryl methyl sites for hydroxylation is 4. The van der Waals surface area contributed by atoms with E-state index < -0.39 is 5.97 Å². The van der Waals surface area contributed by atoms with Gasteiger partial charge in [-0.2, -0.15) is 0 Å². The van der Waals surface area contributed by atoms with E-state index in [-0.39, 0.29) is 12.5 Å². The standard InChI is InChI=1S/C18H21NO4/c1-10-6-11(2)8-15(7-10)19-16(20)9-22-18(21)17-12(3)13(4)23-14(17)5/h6-8H,9H2,1-5H3,(H,19,20). The quantitative estimate of drug-likeness (QED) is 0.875. The lowest BCUT2D eigenvalue weighted by Gasteiger charge is -2.08. The number of furan rings is 1. The molecule has 1 heterocycles. The zero-order valence-corrected chi connectivity index (χ0v) is 14.1. The van der Waals surface area contributed by atoms with E-state index in [0.717, 1.165) is 16.7 Å². The number of ether oxygens (including phenoxy) is 1. The van der Waals surface area contributed by atoms with E-state index in [1.54, 1.807) is 20.8 Å². The molecule has 2 rings (SSSR count). The van der Waals surface area contributed by atoms with Gasteiger partial charge in [0.25, 0.3) is 5.91 Å². The largest absolute Gasteiger partial charge is 0.465 e. The van der Waals surface area contributed by atoms with Gasteiger partial charge >= 0.3 is 5.97 Å². The third-order valence-corrected chi connectivity index (χ3v) is 3.61. The molecule has 0 fully saturated rings. The number of esters is 1. The molecule has 0 atom stereocenters. The Morgan fingerprint density at radius 3 is 2.13 bits per heavy atom. The van der Waals surface area contributed by atoms with E-state index in [1.165, 1.54) is 0 Å². The highest BCUT2D eigenvalue weighted by atomic mass is 16.5. The Bertz CT molecular complexity index is 738. The lowest BCUT2D eigenvalue weighted by atomic mass is 10.1. The molecule has 122 valence electrons. The maximum Gasteiger partial charge on any atom is 0.342 e. The molecule has 0 spiro atoms. The van der Waals surface area contributed by atoms with E-state index in [0.29, 0.717) is 22.8 Å².